The standard InChI is InChI=1S/C39H46F2N8O4/c1-3-37(27(2)50)49-39(51)48(26-44-49)32-7-5-30(6-8-32)45-16-18-46(19-17-45)31-9-11-33(12-10-31)52-22-28-20-38(53-23-28)35(14-15-47-25-42-24-43-47)34-13-4-29(40)21-36(34)41/h4-13,21,24-28,35,37-38,50H,3,14-20,22-23H2,1-2H3/t27?,28-,35?,37?,38?/m1/s1. The van der Waals surface area contributed by atoms with Crippen LogP contribution in [0, 0.1) is 17.6 Å². The quantitative estimate of drug-likeness (QED) is 0.164. The van der Waals surface area contributed by atoms with E-state index < -0.39 is 17.7 Å². The molecule has 5 aromatic rings. The predicted molar refractivity (Wildman–Crippen MR) is 197 cm³/mol. The van der Waals surface area contributed by atoms with Crippen molar-refractivity contribution in [2.45, 2.75) is 63.8 Å². The summed E-state index contributed by atoms with van der Waals surface area (Å²) in [5.74, 6) is -0.504. The zero-order chi connectivity index (χ0) is 36.9. The van der Waals surface area contributed by atoms with Gasteiger partial charge in [0.25, 0.3) is 0 Å². The Hall–Kier alpha value is -5.08. The van der Waals surface area contributed by atoms with E-state index in [0.717, 1.165) is 55.1 Å². The Labute approximate surface area is 307 Å². The van der Waals surface area contributed by atoms with Crippen LogP contribution >= 0.6 is 0 Å². The number of piperazine rings is 1. The number of nitrogens with zero attached hydrogens (tertiary/aromatic N) is 8. The minimum atomic E-state index is -0.673. The number of hydrogen-bond donors (Lipinski definition) is 1. The van der Waals surface area contributed by atoms with Gasteiger partial charge in [0.05, 0.1) is 37.2 Å². The number of aliphatic hydroxyl groups is 1. The number of halogens is 2. The second kappa shape index (κ2) is 16.3. The Morgan fingerprint density at radius 2 is 1.60 bits per heavy atom. The summed E-state index contributed by atoms with van der Waals surface area (Å²) in [5.41, 5.74) is 3.14. The molecule has 0 bridgehead atoms. The van der Waals surface area contributed by atoms with Crippen LogP contribution < -0.4 is 20.2 Å². The first-order valence-electron chi connectivity index (χ1n) is 18.3. The smallest absolute Gasteiger partial charge is 0.350 e. The highest BCUT2D eigenvalue weighted by atomic mass is 19.1. The van der Waals surface area contributed by atoms with E-state index in [1.807, 2.05) is 43.3 Å². The fourth-order valence-electron chi connectivity index (χ4n) is 7.54. The zero-order valence-corrected chi connectivity index (χ0v) is 30.0. The van der Waals surface area contributed by atoms with Crippen LogP contribution in [0.15, 0.2) is 90.5 Å². The maximum Gasteiger partial charge on any atom is 0.350 e. The molecule has 3 aromatic carbocycles. The third kappa shape index (κ3) is 8.28. The molecular weight excluding hydrogens is 682 g/mol. The molecule has 5 atom stereocenters. The van der Waals surface area contributed by atoms with Crippen LogP contribution in [0.2, 0.25) is 0 Å². The third-order valence-electron chi connectivity index (χ3n) is 10.5. The first kappa shape index (κ1) is 36.3. The van der Waals surface area contributed by atoms with Gasteiger partial charge in [-0.15, -0.1) is 0 Å². The third-order valence-corrected chi connectivity index (χ3v) is 10.5. The highest BCUT2D eigenvalue weighted by Gasteiger charge is 2.34. The number of rotatable bonds is 14. The van der Waals surface area contributed by atoms with Crippen LogP contribution in [0.1, 0.15) is 50.6 Å². The monoisotopic (exact) mass is 728 g/mol. The Bertz CT molecular complexity index is 1980. The molecular formula is C39H46F2N8O4. The molecule has 2 saturated heterocycles. The molecule has 14 heteroatoms. The van der Waals surface area contributed by atoms with Crippen molar-refractivity contribution in [2.75, 3.05) is 49.2 Å². The summed E-state index contributed by atoms with van der Waals surface area (Å²) in [6.45, 7) is 8.55. The summed E-state index contributed by atoms with van der Waals surface area (Å²) in [6.07, 6.45) is 5.59. The van der Waals surface area contributed by atoms with E-state index in [0.29, 0.717) is 44.6 Å². The number of anilines is 2. The molecule has 12 nitrogen and oxygen atoms in total. The van der Waals surface area contributed by atoms with Crippen molar-refractivity contribution in [2.24, 2.45) is 5.92 Å². The molecule has 0 amide bonds. The Kier molecular flexibility index (Phi) is 11.2. The van der Waals surface area contributed by atoms with Crippen LogP contribution in [-0.4, -0.2) is 85.8 Å². The van der Waals surface area contributed by atoms with E-state index in [1.54, 1.807) is 17.9 Å². The van der Waals surface area contributed by atoms with E-state index in [4.69, 9.17) is 9.47 Å². The molecule has 2 fully saturated rings. The molecule has 280 valence electrons. The Morgan fingerprint density at radius 3 is 2.23 bits per heavy atom. The van der Waals surface area contributed by atoms with Gasteiger partial charge in [0.2, 0.25) is 0 Å². The minimum Gasteiger partial charge on any atom is -0.493 e. The van der Waals surface area contributed by atoms with E-state index in [2.05, 4.69) is 37.1 Å². The molecule has 2 aliphatic heterocycles. The van der Waals surface area contributed by atoms with Crippen molar-refractivity contribution in [1.29, 1.82) is 0 Å². The lowest BCUT2D eigenvalue weighted by Gasteiger charge is -2.37. The van der Waals surface area contributed by atoms with E-state index in [1.165, 1.54) is 34.0 Å². The van der Waals surface area contributed by atoms with E-state index in [9.17, 15) is 18.7 Å². The SMILES string of the molecule is CCC(C(C)O)n1ncn(-c2ccc(N3CCN(c4ccc(OC[C@@H]5COC(C(CCn6cncn6)c6ccc(F)cc6F)C5)cc4)CC3)cc2)c1=O. The van der Waals surface area contributed by atoms with Crippen molar-refractivity contribution >= 4 is 11.4 Å². The van der Waals surface area contributed by atoms with Gasteiger partial charge >= 0.3 is 5.69 Å². The lowest BCUT2D eigenvalue weighted by Crippen LogP contribution is -2.46. The van der Waals surface area contributed by atoms with Gasteiger partial charge in [0.15, 0.2) is 0 Å². The van der Waals surface area contributed by atoms with Crippen molar-refractivity contribution in [3.05, 3.63) is 113 Å². The molecule has 1 N–H and O–H groups in total. The van der Waals surface area contributed by atoms with Crippen LogP contribution in [0.3, 0.4) is 0 Å². The minimum absolute atomic E-state index is 0.140. The first-order chi connectivity index (χ1) is 25.8. The average molecular weight is 729 g/mol. The van der Waals surface area contributed by atoms with Crippen molar-refractivity contribution in [3.8, 4) is 11.4 Å². The van der Waals surface area contributed by atoms with Crippen molar-refractivity contribution in [1.82, 2.24) is 29.1 Å². The maximum atomic E-state index is 14.9. The molecule has 53 heavy (non-hydrogen) atoms. The number of benzene rings is 3. The molecule has 7 rings (SSSR count). The predicted octanol–water partition coefficient (Wildman–Crippen LogP) is 5.22. The summed E-state index contributed by atoms with van der Waals surface area (Å²) in [6, 6.07) is 19.5. The lowest BCUT2D eigenvalue weighted by molar-refractivity contribution is 0.0778. The molecule has 2 aliphatic rings. The highest BCUT2D eigenvalue weighted by Crippen LogP contribution is 2.36. The fourth-order valence-corrected chi connectivity index (χ4v) is 7.54. The Morgan fingerprint density at radius 1 is 0.925 bits per heavy atom. The first-order valence-corrected chi connectivity index (χ1v) is 18.3. The molecule has 0 aliphatic carbocycles. The van der Waals surface area contributed by atoms with Gasteiger partial charge in [-0.05, 0) is 86.3 Å². The van der Waals surface area contributed by atoms with Gasteiger partial charge in [0.1, 0.15) is 36.4 Å². The topological polar surface area (TPSA) is 116 Å². The number of aryl methyl sites for hydroxylation is 1. The zero-order valence-electron chi connectivity index (χ0n) is 30.0. The number of ether oxygens (including phenoxy) is 2. The Balaban J connectivity index is 0.895. The van der Waals surface area contributed by atoms with Crippen LogP contribution in [-0.2, 0) is 11.3 Å². The molecule has 0 radical (unpaired) electrons. The van der Waals surface area contributed by atoms with Gasteiger partial charge in [-0.3, -0.25) is 4.68 Å². The molecule has 0 spiro atoms. The normalized spacial score (nSPS) is 19.3. The van der Waals surface area contributed by atoms with Gasteiger partial charge in [-0.25, -0.2) is 27.8 Å². The van der Waals surface area contributed by atoms with Crippen LogP contribution in [0.25, 0.3) is 5.69 Å². The summed E-state index contributed by atoms with van der Waals surface area (Å²) in [7, 11) is 0. The number of aliphatic hydroxyl groups excluding tert-OH is 1. The molecule has 0 saturated carbocycles. The van der Waals surface area contributed by atoms with E-state index >= 15 is 0 Å². The van der Waals surface area contributed by atoms with Crippen molar-refractivity contribution < 1.29 is 23.4 Å². The molecule has 4 unspecified atom stereocenters. The van der Waals surface area contributed by atoms with Gasteiger partial charge in [0, 0.05) is 62.0 Å². The van der Waals surface area contributed by atoms with Gasteiger partial charge in [-0.2, -0.15) is 10.2 Å². The highest BCUT2D eigenvalue weighted by molar-refractivity contribution is 5.54. The molecule has 2 aromatic heterocycles. The summed E-state index contributed by atoms with van der Waals surface area (Å²) in [4.78, 5) is 21.7. The number of hydrogen-bond acceptors (Lipinski definition) is 9. The maximum absolute atomic E-state index is 14.9. The summed E-state index contributed by atoms with van der Waals surface area (Å²) < 4.78 is 45.6. The van der Waals surface area contributed by atoms with Crippen LogP contribution in [0.5, 0.6) is 5.75 Å². The second-order valence-corrected chi connectivity index (χ2v) is 13.9. The summed E-state index contributed by atoms with van der Waals surface area (Å²) in [5, 5.41) is 18.5. The summed E-state index contributed by atoms with van der Waals surface area (Å²) >= 11 is 0. The largest absolute Gasteiger partial charge is 0.493 e. The molecule has 4 heterocycles. The average Bonchev–Trinajstić information content (AvgIpc) is 3.95. The number of aromatic nitrogens is 6. The van der Waals surface area contributed by atoms with Gasteiger partial charge < -0.3 is 24.4 Å². The fraction of sp³-hybridized carbons (Fsp3) is 0.436. The van der Waals surface area contributed by atoms with Crippen molar-refractivity contribution in [3.63, 3.8) is 0 Å². The van der Waals surface area contributed by atoms with E-state index in [-0.39, 0.29) is 29.7 Å². The lowest BCUT2D eigenvalue weighted by atomic mass is 9.87. The van der Waals surface area contributed by atoms with Crippen LogP contribution in [0.4, 0.5) is 20.2 Å². The second-order valence-electron chi connectivity index (χ2n) is 13.9. The van der Waals surface area contributed by atoms with Gasteiger partial charge in [-0.1, -0.05) is 13.0 Å².